The molecule has 0 saturated carbocycles. The molecule has 1 aromatic rings. The van der Waals surface area contributed by atoms with Crippen molar-refractivity contribution in [3.63, 3.8) is 0 Å². The average molecular weight is 232 g/mol. The number of piperazine rings is 1. The fraction of sp³-hybridized carbons (Fsp3) is 0.462. The van der Waals surface area contributed by atoms with Gasteiger partial charge in [-0.25, -0.2) is 0 Å². The molecule has 0 spiro atoms. The summed E-state index contributed by atoms with van der Waals surface area (Å²) in [5.74, 6) is 0.194. The third-order valence-corrected chi connectivity index (χ3v) is 3.24. The van der Waals surface area contributed by atoms with Crippen molar-refractivity contribution in [2.45, 2.75) is 13.5 Å². The highest BCUT2D eigenvalue weighted by Crippen LogP contribution is 2.09. The Balaban J connectivity index is 1.85. The Labute approximate surface area is 103 Å². The van der Waals surface area contributed by atoms with Crippen LogP contribution in [0.25, 0.3) is 0 Å². The van der Waals surface area contributed by atoms with Crippen LogP contribution in [0, 0.1) is 12.3 Å². The zero-order valence-corrected chi connectivity index (χ0v) is 10.3. The second-order valence-corrected chi connectivity index (χ2v) is 4.63. The van der Waals surface area contributed by atoms with E-state index >= 15 is 0 Å². The molecule has 0 amide bonds. The van der Waals surface area contributed by atoms with Gasteiger partial charge in [0.05, 0.1) is 0 Å². The van der Waals surface area contributed by atoms with Crippen LogP contribution in [-0.2, 0) is 6.54 Å². The van der Waals surface area contributed by atoms with Gasteiger partial charge < -0.3 is 10.6 Å². The molecule has 0 unspecified atom stereocenters. The second kappa shape index (κ2) is 5.19. The molecule has 1 saturated heterocycles. The van der Waals surface area contributed by atoms with Crippen LogP contribution >= 0.6 is 0 Å². The van der Waals surface area contributed by atoms with E-state index in [0.29, 0.717) is 0 Å². The van der Waals surface area contributed by atoms with E-state index in [-0.39, 0.29) is 5.96 Å². The number of rotatable bonds is 2. The minimum absolute atomic E-state index is 0.194. The molecule has 0 aliphatic carbocycles. The Morgan fingerprint density at radius 1 is 1.18 bits per heavy atom. The highest BCUT2D eigenvalue weighted by Gasteiger charge is 2.17. The van der Waals surface area contributed by atoms with Gasteiger partial charge in [0.25, 0.3) is 0 Å². The van der Waals surface area contributed by atoms with E-state index in [1.54, 1.807) is 0 Å². The predicted octanol–water partition coefficient (Wildman–Crippen LogP) is 1.01. The monoisotopic (exact) mass is 232 g/mol. The third-order valence-electron chi connectivity index (χ3n) is 3.24. The summed E-state index contributed by atoms with van der Waals surface area (Å²) < 4.78 is 0. The quantitative estimate of drug-likeness (QED) is 0.591. The van der Waals surface area contributed by atoms with Crippen molar-refractivity contribution in [2.24, 2.45) is 5.73 Å². The number of hydrogen-bond acceptors (Lipinski definition) is 2. The van der Waals surface area contributed by atoms with Gasteiger partial charge in [0.2, 0.25) is 0 Å². The summed E-state index contributed by atoms with van der Waals surface area (Å²) in [6, 6.07) is 8.68. The van der Waals surface area contributed by atoms with E-state index in [4.69, 9.17) is 11.1 Å². The van der Waals surface area contributed by atoms with Crippen molar-refractivity contribution < 1.29 is 0 Å². The van der Waals surface area contributed by atoms with Gasteiger partial charge in [-0.2, -0.15) is 0 Å². The number of nitrogens with two attached hydrogens (primary N) is 1. The van der Waals surface area contributed by atoms with Crippen molar-refractivity contribution in [1.29, 1.82) is 5.41 Å². The van der Waals surface area contributed by atoms with Crippen LogP contribution < -0.4 is 5.73 Å². The maximum absolute atomic E-state index is 7.38. The number of nitrogens with one attached hydrogen (secondary N) is 1. The lowest BCUT2D eigenvalue weighted by atomic mass is 10.1. The molecule has 0 bridgehead atoms. The standard InChI is InChI=1S/C13H20N4/c1-11-2-4-12(5-3-11)10-16-6-8-17(9-7-16)13(14)15/h2-5H,6-10H2,1H3,(H3,14,15). The maximum atomic E-state index is 7.38. The first-order valence-electron chi connectivity index (χ1n) is 6.02. The van der Waals surface area contributed by atoms with Crippen LogP contribution in [0.4, 0.5) is 0 Å². The number of guanidine groups is 1. The van der Waals surface area contributed by atoms with Crippen LogP contribution in [-0.4, -0.2) is 41.9 Å². The lowest BCUT2D eigenvalue weighted by Gasteiger charge is -2.34. The normalized spacial score (nSPS) is 17.1. The van der Waals surface area contributed by atoms with E-state index in [1.165, 1.54) is 11.1 Å². The molecule has 2 rings (SSSR count). The van der Waals surface area contributed by atoms with Crippen LogP contribution in [0.2, 0.25) is 0 Å². The van der Waals surface area contributed by atoms with E-state index in [1.807, 2.05) is 4.90 Å². The Kier molecular flexibility index (Phi) is 3.64. The number of hydrogen-bond donors (Lipinski definition) is 2. The highest BCUT2D eigenvalue weighted by molar-refractivity contribution is 5.74. The molecule has 0 atom stereocenters. The van der Waals surface area contributed by atoms with Crippen molar-refractivity contribution in [3.8, 4) is 0 Å². The molecule has 1 heterocycles. The first-order chi connectivity index (χ1) is 8.15. The molecule has 4 heteroatoms. The smallest absolute Gasteiger partial charge is 0.188 e. The molecule has 17 heavy (non-hydrogen) atoms. The van der Waals surface area contributed by atoms with Crippen LogP contribution in [0.15, 0.2) is 24.3 Å². The first kappa shape index (κ1) is 11.9. The summed E-state index contributed by atoms with van der Waals surface area (Å²) in [5, 5.41) is 7.38. The molecule has 0 aromatic heterocycles. The lowest BCUT2D eigenvalue weighted by molar-refractivity contribution is 0.174. The van der Waals surface area contributed by atoms with Crippen LogP contribution in [0.1, 0.15) is 11.1 Å². The molecule has 3 N–H and O–H groups in total. The number of benzene rings is 1. The number of nitrogens with zero attached hydrogens (tertiary/aromatic N) is 2. The second-order valence-electron chi connectivity index (χ2n) is 4.63. The summed E-state index contributed by atoms with van der Waals surface area (Å²) >= 11 is 0. The van der Waals surface area contributed by atoms with Gasteiger partial charge in [0, 0.05) is 32.7 Å². The van der Waals surface area contributed by atoms with Gasteiger partial charge in [-0.15, -0.1) is 0 Å². The van der Waals surface area contributed by atoms with Gasteiger partial charge in [-0.05, 0) is 12.5 Å². The molecule has 0 radical (unpaired) electrons. The summed E-state index contributed by atoms with van der Waals surface area (Å²) in [7, 11) is 0. The Morgan fingerprint density at radius 3 is 2.29 bits per heavy atom. The molecule has 4 nitrogen and oxygen atoms in total. The van der Waals surface area contributed by atoms with E-state index < -0.39 is 0 Å². The summed E-state index contributed by atoms with van der Waals surface area (Å²) in [5.41, 5.74) is 8.13. The molecule has 1 aliphatic heterocycles. The van der Waals surface area contributed by atoms with Gasteiger partial charge in [0.1, 0.15) is 0 Å². The van der Waals surface area contributed by atoms with E-state index in [2.05, 4.69) is 36.1 Å². The van der Waals surface area contributed by atoms with Gasteiger partial charge in [0.15, 0.2) is 5.96 Å². The summed E-state index contributed by atoms with van der Waals surface area (Å²) in [6.07, 6.45) is 0. The fourth-order valence-corrected chi connectivity index (χ4v) is 2.10. The fourth-order valence-electron chi connectivity index (χ4n) is 2.10. The zero-order chi connectivity index (χ0) is 12.3. The summed E-state index contributed by atoms with van der Waals surface area (Å²) in [4.78, 5) is 4.33. The zero-order valence-electron chi connectivity index (χ0n) is 10.3. The Morgan fingerprint density at radius 2 is 1.76 bits per heavy atom. The highest BCUT2D eigenvalue weighted by atomic mass is 15.3. The minimum Gasteiger partial charge on any atom is -0.370 e. The average Bonchev–Trinajstić information content (AvgIpc) is 2.33. The van der Waals surface area contributed by atoms with Crippen LogP contribution in [0.5, 0.6) is 0 Å². The van der Waals surface area contributed by atoms with Gasteiger partial charge in [-0.3, -0.25) is 10.3 Å². The lowest BCUT2D eigenvalue weighted by Crippen LogP contribution is -2.50. The van der Waals surface area contributed by atoms with E-state index in [9.17, 15) is 0 Å². The van der Waals surface area contributed by atoms with Crippen molar-refractivity contribution in [1.82, 2.24) is 9.80 Å². The maximum Gasteiger partial charge on any atom is 0.188 e. The van der Waals surface area contributed by atoms with Gasteiger partial charge in [-0.1, -0.05) is 29.8 Å². The minimum atomic E-state index is 0.194. The molecule has 1 fully saturated rings. The van der Waals surface area contributed by atoms with E-state index in [0.717, 1.165) is 32.7 Å². The van der Waals surface area contributed by atoms with Crippen molar-refractivity contribution >= 4 is 5.96 Å². The Bertz CT molecular complexity index is 377. The molecule has 1 aromatic carbocycles. The largest absolute Gasteiger partial charge is 0.370 e. The molecule has 1 aliphatic rings. The molecular weight excluding hydrogens is 212 g/mol. The SMILES string of the molecule is Cc1ccc(CN2CCN(C(=N)N)CC2)cc1. The van der Waals surface area contributed by atoms with Gasteiger partial charge >= 0.3 is 0 Å². The van der Waals surface area contributed by atoms with Crippen molar-refractivity contribution in [3.05, 3.63) is 35.4 Å². The molecule has 92 valence electrons. The summed E-state index contributed by atoms with van der Waals surface area (Å²) in [6.45, 7) is 6.78. The first-order valence-corrected chi connectivity index (χ1v) is 6.02. The van der Waals surface area contributed by atoms with Crippen molar-refractivity contribution in [2.75, 3.05) is 26.2 Å². The topological polar surface area (TPSA) is 56.4 Å². The Hall–Kier alpha value is -1.55. The number of aryl methyl sites for hydroxylation is 1. The third kappa shape index (κ3) is 3.20. The predicted molar refractivity (Wildman–Crippen MR) is 69.9 cm³/mol. The van der Waals surface area contributed by atoms with Crippen LogP contribution in [0.3, 0.4) is 0 Å². The molecular formula is C13H20N4.